The summed E-state index contributed by atoms with van der Waals surface area (Å²) in [4.78, 5) is 10.8. The molecule has 100 valence electrons. The second-order valence-corrected chi connectivity index (χ2v) is 3.80. The average molecular weight is 262 g/mol. The van der Waals surface area contributed by atoms with Crippen LogP contribution in [0.3, 0.4) is 0 Å². The van der Waals surface area contributed by atoms with Crippen LogP contribution >= 0.6 is 0 Å². The number of carbonyl (C=O) groups excluding carboxylic acids is 1. The first-order valence-corrected chi connectivity index (χ1v) is 5.65. The molecule has 1 heterocycles. The summed E-state index contributed by atoms with van der Waals surface area (Å²) in [6.45, 7) is 2.02. The zero-order valence-electron chi connectivity index (χ0n) is 10.7. The highest BCUT2D eigenvalue weighted by Gasteiger charge is 2.11. The number of hydrazone groups is 1. The van der Waals surface area contributed by atoms with E-state index in [4.69, 9.17) is 9.47 Å². The summed E-state index contributed by atoms with van der Waals surface area (Å²) in [5, 5.41) is 3.83. The normalized spacial score (nSPS) is 13.7. The molecule has 0 saturated carbocycles. The molecular formula is C13H14N2O4. The van der Waals surface area contributed by atoms with E-state index in [0.29, 0.717) is 5.71 Å². The largest absolute Gasteiger partial charge is 0.454 e. The second-order valence-electron chi connectivity index (χ2n) is 3.80. The van der Waals surface area contributed by atoms with Crippen molar-refractivity contribution in [2.75, 3.05) is 13.9 Å². The summed E-state index contributed by atoms with van der Waals surface area (Å²) >= 11 is 0. The fraction of sp³-hybridized carbons (Fsp3) is 0.231. The maximum atomic E-state index is 10.8. The zero-order chi connectivity index (χ0) is 13.7. The molecule has 0 spiro atoms. The van der Waals surface area contributed by atoms with Gasteiger partial charge in [-0.2, -0.15) is 5.10 Å². The molecule has 0 fully saturated rings. The van der Waals surface area contributed by atoms with Gasteiger partial charge in [0.15, 0.2) is 11.5 Å². The summed E-state index contributed by atoms with van der Waals surface area (Å²) in [6.07, 6.45) is 3.03. The van der Waals surface area contributed by atoms with Crippen molar-refractivity contribution >= 4 is 17.9 Å². The van der Waals surface area contributed by atoms with Gasteiger partial charge >= 0.3 is 6.09 Å². The summed E-state index contributed by atoms with van der Waals surface area (Å²) in [7, 11) is 1.28. The van der Waals surface area contributed by atoms with Crippen molar-refractivity contribution in [1.29, 1.82) is 0 Å². The molecule has 1 aliphatic heterocycles. The Morgan fingerprint density at radius 2 is 2.21 bits per heavy atom. The summed E-state index contributed by atoms with van der Waals surface area (Å²) in [6, 6.07) is 5.63. The number of hydrogen-bond acceptors (Lipinski definition) is 5. The molecule has 0 saturated heterocycles. The fourth-order valence-corrected chi connectivity index (χ4v) is 1.45. The van der Waals surface area contributed by atoms with Crippen molar-refractivity contribution in [1.82, 2.24) is 5.43 Å². The molecule has 1 amide bonds. The van der Waals surface area contributed by atoms with Gasteiger partial charge in [0.1, 0.15) is 0 Å². The molecule has 1 N–H and O–H groups in total. The highest BCUT2D eigenvalue weighted by atomic mass is 16.7. The van der Waals surface area contributed by atoms with E-state index in [1.807, 2.05) is 24.3 Å². The van der Waals surface area contributed by atoms with E-state index >= 15 is 0 Å². The first-order valence-electron chi connectivity index (χ1n) is 5.65. The van der Waals surface area contributed by atoms with Gasteiger partial charge in [-0.15, -0.1) is 0 Å². The van der Waals surface area contributed by atoms with Crippen LogP contribution in [0, 0.1) is 0 Å². The van der Waals surface area contributed by atoms with Crippen molar-refractivity contribution in [2.45, 2.75) is 6.92 Å². The predicted molar refractivity (Wildman–Crippen MR) is 70.2 cm³/mol. The number of allylic oxidation sites excluding steroid dienone is 1. The van der Waals surface area contributed by atoms with Gasteiger partial charge in [0.2, 0.25) is 6.79 Å². The van der Waals surface area contributed by atoms with Crippen LogP contribution in [0.4, 0.5) is 4.79 Å². The van der Waals surface area contributed by atoms with Crippen molar-refractivity contribution in [3.05, 3.63) is 29.8 Å². The molecule has 0 aliphatic carbocycles. The lowest BCUT2D eigenvalue weighted by Gasteiger charge is -1.98. The Morgan fingerprint density at radius 3 is 3.00 bits per heavy atom. The van der Waals surface area contributed by atoms with E-state index in [-0.39, 0.29) is 6.79 Å². The van der Waals surface area contributed by atoms with Crippen LogP contribution in [0.1, 0.15) is 12.5 Å². The number of ether oxygens (including phenoxy) is 3. The minimum atomic E-state index is -0.601. The minimum absolute atomic E-state index is 0.256. The molecule has 1 aromatic carbocycles. The first kappa shape index (κ1) is 12.9. The molecule has 1 aliphatic rings. The molecule has 0 aromatic heterocycles. The van der Waals surface area contributed by atoms with Gasteiger partial charge in [-0.25, -0.2) is 10.2 Å². The molecular weight excluding hydrogens is 248 g/mol. The van der Waals surface area contributed by atoms with Crippen LogP contribution in [-0.4, -0.2) is 25.7 Å². The van der Waals surface area contributed by atoms with E-state index in [9.17, 15) is 4.79 Å². The molecule has 19 heavy (non-hydrogen) atoms. The molecule has 2 rings (SSSR count). The van der Waals surface area contributed by atoms with Gasteiger partial charge in [0, 0.05) is 0 Å². The fourth-order valence-electron chi connectivity index (χ4n) is 1.45. The Balaban J connectivity index is 2.00. The topological polar surface area (TPSA) is 69.2 Å². The van der Waals surface area contributed by atoms with Gasteiger partial charge in [-0.3, -0.25) is 0 Å². The number of amides is 1. The maximum absolute atomic E-state index is 10.8. The first-order chi connectivity index (χ1) is 9.19. The van der Waals surface area contributed by atoms with Gasteiger partial charge in [0.05, 0.1) is 12.8 Å². The van der Waals surface area contributed by atoms with Gasteiger partial charge < -0.3 is 14.2 Å². The number of fused-ring (bicyclic) bond motifs is 1. The van der Waals surface area contributed by atoms with Crippen molar-refractivity contribution < 1.29 is 19.0 Å². The highest BCUT2D eigenvalue weighted by Crippen LogP contribution is 2.32. The van der Waals surface area contributed by atoms with Crippen LogP contribution in [0.25, 0.3) is 6.08 Å². The Labute approximate surface area is 110 Å². The van der Waals surface area contributed by atoms with Crippen LogP contribution < -0.4 is 14.9 Å². The second kappa shape index (κ2) is 5.90. The lowest BCUT2D eigenvalue weighted by atomic mass is 10.2. The standard InChI is InChI=1S/C13H14N2O4/c1-9(14-15-13(16)17-2)3-4-10-5-6-11-12(7-10)19-8-18-11/h3-7H,8H2,1-2H3,(H,15,16). The van der Waals surface area contributed by atoms with Crippen molar-refractivity contribution in [3.8, 4) is 11.5 Å². The number of nitrogens with zero attached hydrogens (tertiary/aromatic N) is 1. The molecule has 6 heteroatoms. The zero-order valence-corrected chi connectivity index (χ0v) is 10.7. The molecule has 0 unspecified atom stereocenters. The Morgan fingerprint density at radius 1 is 1.42 bits per heavy atom. The molecule has 0 radical (unpaired) electrons. The third-order valence-corrected chi connectivity index (χ3v) is 2.42. The Kier molecular flexibility index (Phi) is 4.02. The molecule has 0 atom stereocenters. The highest BCUT2D eigenvalue weighted by molar-refractivity contribution is 5.96. The number of hydrogen-bond donors (Lipinski definition) is 1. The van der Waals surface area contributed by atoms with Gasteiger partial charge in [-0.05, 0) is 30.7 Å². The monoisotopic (exact) mass is 262 g/mol. The predicted octanol–water partition coefficient (Wildman–Crippen LogP) is 2.16. The third-order valence-electron chi connectivity index (χ3n) is 2.42. The lowest BCUT2D eigenvalue weighted by molar-refractivity contribution is 0.171. The van der Waals surface area contributed by atoms with Crippen LogP contribution in [0.5, 0.6) is 11.5 Å². The summed E-state index contributed by atoms with van der Waals surface area (Å²) in [5.74, 6) is 1.47. The van der Waals surface area contributed by atoms with E-state index < -0.39 is 6.09 Å². The summed E-state index contributed by atoms with van der Waals surface area (Å²) < 4.78 is 14.9. The minimum Gasteiger partial charge on any atom is -0.454 e. The quantitative estimate of drug-likeness (QED) is 0.669. The third kappa shape index (κ3) is 3.48. The molecule has 6 nitrogen and oxygen atoms in total. The number of nitrogens with one attached hydrogen (secondary N) is 1. The molecule has 0 bridgehead atoms. The van der Waals surface area contributed by atoms with Crippen LogP contribution in [0.15, 0.2) is 29.4 Å². The van der Waals surface area contributed by atoms with Crippen LogP contribution in [0.2, 0.25) is 0 Å². The smallest absolute Gasteiger partial charge is 0.427 e. The van der Waals surface area contributed by atoms with E-state index in [2.05, 4.69) is 15.3 Å². The van der Waals surface area contributed by atoms with E-state index in [1.54, 1.807) is 13.0 Å². The SMILES string of the molecule is COC(=O)NN=C(C)C=Cc1ccc2c(c1)OCO2. The number of rotatable bonds is 3. The molecule has 1 aromatic rings. The Bertz CT molecular complexity index is 537. The summed E-state index contributed by atoms with van der Waals surface area (Å²) in [5.41, 5.74) is 3.84. The number of carbonyl (C=O) groups is 1. The number of benzene rings is 1. The lowest BCUT2D eigenvalue weighted by Crippen LogP contribution is -2.17. The maximum Gasteiger partial charge on any atom is 0.427 e. The Hall–Kier alpha value is -2.50. The number of methoxy groups -OCH3 is 1. The van der Waals surface area contributed by atoms with Gasteiger partial charge in [0.25, 0.3) is 0 Å². The van der Waals surface area contributed by atoms with E-state index in [1.165, 1.54) is 7.11 Å². The van der Waals surface area contributed by atoms with Crippen molar-refractivity contribution in [3.63, 3.8) is 0 Å². The van der Waals surface area contributed by atoms with Gasteiger partial charge in [-0.1, -0.05) is 12.1 Å². The van der Waals surface area contributed by atoms with E-state index in [0.717, 1.165) is 17.1 Å². The van der Waals surface area contributed by atoms with Crippen LogP contribution in [-0.2, 0) is 4.74 Å². The van der Waals surface area contributed by atoms with Crippen molar-refractivity contribution in [2.24, 2.45) is 5.10 Å². The average Bonchev–Trinajstić information content (AvgIpc) is 2.89.